The maximum absolute atomic E-state index is 11.1. The van der Waals surface area contributed by atoms with Crippen LogP contribution in [-0.2, 0) is 7.05 Å². The maximum atomic E-state index is 11.1. The molecule has 0 radical (unpaired) electrons. The summed E-state index contributed by atoms with van der Waals surface area (Å²) < 4.78 is 1.52. The molecule has 6 nitrogen and oxygen atoms in total. The number of hydrogen-bond acceptors (Lipinski definition) is 2. The summed E-state index contributed by atoms with van der Waals surface area (Å²) in [5.41, 5.74) is 1.83. The zero-order valence-electron chi connectivity index (χ0n) is 8.87. The third kappa shape index (κ3) is 1.44. The lowest BCUT2D eigenvalue weighted by Crippen LogP contribution is -2.06. The van der Waals surface area contributed by atoms with Crippen molar-refractivity contribution in [2.45, 2.75) is 6.92 Å². The van der Waals surface area contributed by atoms with Crippen molar-refractivity contribution in [1.29, 1.82) is 0 Å². The number of aromatic nitrogens is 3. The molecule has 2 heterocycles. The summed E-state index contributed by atoms with van der Waals surface area (Å²) in [5.74, 6) is -0.996. The standard InChI is InChI=1S/C10H11N3O3/c1-5-8(12-10(16)11-5)6-3-4-7(9(14)15)13(6)2/h3-4H,1-2H3,(H,14,15)(H2,11,12,16). The Labute approximate surface area is 90.5 Å². The van der Waals surface area contributed by atoms with Gasteiger partial charge in [-0.2, -0.15) is 0 Å². The highest BCUT2D eigenvalue weighted by Gasteiger charge is 2.14. The van der Waals surface area contributed by atoms with E-state index in [0.717, 1.165) is 0 Å². The van der Waals surface area contributed by atoms with Crippen molar-refractivity contribution in [3.63, 3.8) is 0 Å². The number of aryl methyl sites for hydroxylation is 1. The minimum atomic E-state index is -0.996. The highest BCUT2D eigenvalue weighted by molar-refractivity contribution is 5.87. The first-order valence-corrected chi connectivity index (χ1v) is 4.69. The summed E-state index contributed by atoms with van der Waals surface area (Å²) >= 11 is 0. The number of H-pyrrole nitrogens is 2. The van der Waals surface area contributed by atoms with Crippen LogP contribution in [0.15, 0.2) is 16.9 Å². The largest absolute Gasteiger partial charge is 0.477 e. The summed E-state index contributed by atoms with van der Waals surface area (Å²) in [5, 5.41) is 8.90. The molecule has 0 saturated heterocycles. The van der Waals surface area contributed by atoms with Gasteiger partial charge in [-0.3, -0.25) is 0 Å². The first-order valence-electron chi connectivity index (χ1n) is 4.69. The fourth-order valence-corrected chi connectivity index (χ4v) is 1.70. The van der Waals surface area contributed by atoms with Gasteiger partial charge in [0.05, 0.1) is 11.4 Å². The molecule has 0 fully saturated rings. The van der Waals surface area contributed by atoms with Crippen molar-refractivity contribution < 1.29 is 9.90 Å². The van der Waals surface area contributed by atoms with Crippen LogP contribution in [0.2, 0.25) is 0 Å². The van der Waals surface area contributed by atoms with Crippen LogP contribution in [0.4, 0.5) is 0 Å². The Bertz CT molecular complexity index is 603. The molecule has 0 amide bonds. The van der Waals surface area contributed by atoms with Gasteiger partial charge in [-0.15, -0.1) is 0 Å². The SMILES string of the molecule is Cc1[nH]c(=O)[nH]c1-c1ccc(C(=O)O)n1C. The molecule has 3 N–H and O–H groups in total. The number of carbonyl (C=O) groups is 1. The third-order valence-electron chi connectivity index (χ3n) is 2.51. The predicted octanol–water partition coefficient (Wildman–Crippen LogP) is 0.715. The number of nitrogens with one attached hydrogen (secondary N) is 2. The summed E-state index contributed by atoms with van der Waals surface area (Å²) in [6, 6.07) is 3.16. The molecule has 2 aromatic rings. The number of nitrogens with zero attached hydrogens (tertiary/aromatic N) is 1. The van der Waals surface area contributed by atoms with Gasteiger partial charge >= 0.3 is 11.7 Å². The molecule has 0 saturated carbocycles. The van der Waals surface area contributed by atoms with E-state index >= 15 is 0 Å². The van der Waals surface area contributed by atoms with Gasteiger partial charge in [0.1, 0.15) is 5.69 Å². The van der Waals surface area contributed by atoms with Crippen LogP contribution in [-0.4, -0.2) is 25.6 Å². The van der Waals surface area contributed by atoms with Crippen molar-refractivity contribution in [2.24, 2.45) is 7.05 Å². The average Bonchev–Trinajstić information content (AvgIpc) is 2.69. The van der Waals surface area contributed by atoms with Gasteiger partial charge in [0.2, 0.25) is 0 Å². The maximum Gasteiger partial charge on any atom is 0.352 e. The number of rotatable bonds is 2. The van der Waals surface area contributed by atoms with E-state index in [1.54, 1.807) is 20.0 Å². The first-order chi connectivity index (χ1) is 7.50. The van der Waals surface area contributed by atoms with E-state index < -0.39 is 5.97 Å². The van der Waals surface area contributed by atoms with Crippen LogP contribution in [0, 0.1) is 6.92 Å². The van der Waals surface area contributed by atoms with Gasteiger partial charge in [0.15, 0.2) is 0 Å². The highest BCUT2D eigenvalue weighted by atomic mass is 16.4. The van der Waals surface area contributed by atoms with Gasteiger partial charge in [0.25, 0.3) is 0 Å². The normalized spacial score (nSPS) is 10.6. The van der Waals surface area contributed by atoms with Crippen LogP contribution < -0.4 is 5.69 Å². The molecule has 16 heavy (non-hydrogen) atoms. The van der Waals surface area contributed by atoms with Crippen molar-refractivity contribution in [2.75, 3.05) is 0 Å². The Hall–Kier alpha value is -2.24. The molecule has 2 rings (SSSR count). The van der Waals surface area contributed by atoms with E-state index in [-0.39, 0.29) is 11.4 Å². The summed E-state index contributed by atoms with van der Waals surface area (Å²) in [7, 11) is 1.64. The number of aromatic carboxylic acids is 1. The molecule has 84 valence electrons. The van der Waals surface area contributed by atoms with E-state index in [0.29, 0.717) is 17.1 Å². The molecule has 0 bridgehead atoms. The van der Waals surface area contributed by atoms with Crippen LogP contribution in [0.1, 0.15) is 16.2 Å². The van der Waals surface area contributed by atoms with Crippen LogP contribution in [0.25, 0.3) is 11.4 Å². The zero-order valence-corrected chi connectivity index (χ0v) is 8.87. The van der Waals surface area contributed by atoms with E-state index in [1.807, 2.05) is 0 Å². The van der Waals surface area contributed by atoms with E-state index in [1.165, 1.54) is 10.6 Å². The Morgan fingerprint density at radius 3 is 2.50 bits per heavy atom. The second kappa shape index (κ2) is 3.41. The van der Waals surface area contributed by atoms with E-state index in [4.69, 9.17) is 5.11 Å². The number of aromatic amines is 2. The summed E-state index contributed by atoms with van der Waals surface area (Å²) in [4.78, 5) is 27.2. The van der Waals surface area contributed by atoms with Crippen molar-refractivity contribution in [3.05, 3.63) is 34.0 Å². The minimum Gasteiger partial charge on any atom is -0.477 e. The Morgan fingerprint density at radius 2 is 2.06 bits per heavy atom. The third-order valence-corrected chi connectivity index (χ3v) is 2.51. The number of imidazole rings is 1. The van der Waals surface area contributed by atoms with Crippen molar-refractivity contribution in [3.8, 4) is 11.4 Å². The fourth-order valence-electron chi connectivity index (χ4n) is 1.70. The van der Waals surface area contributed by atoms with E-state index in [9.17, 15) is 9.59 Å². The average molecular weight is 221 g/mol. The van der Waals surface area contributed by atoms with Crippen molar-refractivity contribution in [1.82, 2.24) is 14.5 Å². The number of hydrogen-bond donors (Lipinski definition) is 3. The fraction of sp³-hybridized carbons (Fsp3) is 0.200. The Balaban J connectivity index is 2.61. The lowest BCUT2D eigenvalue weighted by atomic mass is 10.2. The minimum absolute atomic E-state index is 0.177. The Kier molecular flexibility index (Phi) is 2.19. The smallest absolute Gasteiger partial charge is 0.352 e. The zero-order chi connectivity index (χ0) is 11.9. The molecule has 0 aliphatic rings. The molecule has 0 aliphatic heterocycles. The van der Waals surface area contributed by atoms with Gasteiger partial charge in [-0.25, -0.2) is 9.59 Å². The molecule has 2 aromatic heterocycles. The quantitative estimate of drug-likeness (QED) is 0.697. The molecule has 0 spiro atoms. The second-order valence-electron chi connectivity index (χ2n) is 3.55. The van der Waals surface area contributed by atoms with Gasteiger partial charge in [0, 0.05) is 12.7 Å². The van der Waals surface area contributed by atoms with Crippen molar-refractivity contribution >= 4 is 5.97 Å². The molecular formula is C10H11N3O3. The van der Waals surface area contributed by atoms with Gasteiger partial charge < -0.3 is 19.6 Å². The molecular weight excluding hydrogens is 210 g/mol. The topological polar surface area (TPSA) is 90.9 Å². The van der Waals surface area contributed by atoms with Crippen LogP contribution >= 0.6 is 0 Å². The number of carboxylic acids is 1. The molecule has 0 aliphatic carbocycles. The van der Waals surface area contributed by atoms with Crippen LogP contribution in [0.5, 0.6) is 0 Å². The second-order valence-corrected chi connectivity index (χ2v) is 3.55. The van der Waals surface area contributed by atoms with Gasteiger partial charge in [-0.1, -0.05) is 0 Å². The summed E-state index contributed by atoms with van der Waals surface area (Å²) in [6.07, 6.45) is 0. The first kappa shape index (κ1) is 10.3. The number of carboxylic acid groups (broad SMARTS) is 1. The van der Waals surface area contributed by atoms with E-state index in [2.05, 4.69) is 9.97 Å². The lowest BCUT2D eigenvalue weighted by molar-refractivity contribution is 0.0687. The van der Waals surface area contributed by atoms with Crippen LogP contribution in [0.3, 0.4) is 0 Å². The molecule has 6 heteroatoms. The Morgan fingerprint density at radius 1 is 1.38 bits per heavy atom. The highest BCUT2D eigenvalue weighted by Crippen LogP contribution is 2.20. The predicted molar refractivity (Wildman–Crippen MR) is 57.5 cm³/mol. The monoisotopic (exact) mass is 221 g/mol. The van der Waals surface area contributed by atoms with Gasteiger partial charge in [-0.05, 0) is 19.1 Å². The molecule has 0 aromatic carbocycles. The molecule has 0 unspecified atom stereocenters. The lowest BCUT2D eigenvalue weighted by Gasteiger charge is -2.03. The molecule has 0 atom stereocenters. The summed E-state index contributed by atoms with van der Waals surface area (Å²) in [6.45, 7) is 1.75.